The number of methoxy groups -OCH3 is 2. The Kier molecular flexibility index (Phi) is 5.15. The molecule has 20 heavy (non-hydrogen) atoms. The fraction of sp³-hybridized carbons (Fsp3) is 0.200. The number of hydrogen-bond acceptors (Lipinski definition) is 3. The Labute approximate surface area is 132 Å². The van der Waals surface area contributed by atoms with Gasteiger partial charge in [-0.15, -0.1) is 0 Å². The second kappa shape index (κ2) is 6.86. The van der Waals surface area contributed by atoms with Crippen LogP contribution in [0.15, 0.2) is 40.9 Å². The number of anilines is 1. The number of hydrogen-bond donors (Lipinski definition) is 1. The van der Waals surface area contributed by atoms with Crippen molar-refractivity contribution in [2.45, 2.75) is 6.54 Å². The Hall–Kier alpha value is -1.39. The third-order valence-electron chi connectivity index (χ3n) is 2.89. The Morgan fingerprint density at radius 2 is 1.90 bits per heavy atom. The molecule has 5 heteroatoms. The number of halogens is 2. The van der Waals surface area contributed by atoms with Crippen molar-refractivity contribution < 1.29 is 9.47 Å². The van der Waals surface area contributed by atoms with Crippen molar-refractivity contribution in [1.82, 2.24) is 0 Å². The van der Waals surface area contributed by atoms with E-state index in [1.54, 1.807) is 14.2 Å². The molecule has 0 aliphatic heterocycles. The summed E-state index contributed by atoms with van der Waals surface area (Å²) in [6, 6.07) is 11.3. The summed E-state index contributed by atoms with van der Waals surface area (Å²) in [5.41, 5.74) is 1.95. The summed E-state index contributed by atoms with van der Waals surface area (Å²) in [6.07, 6.45) is 0. The van der Waals surface area contributed by atoms with E-state index in [-0.39, 0.29) is 0 Å². The minimum absolute atomic E-state index is 0.610. The molecule has 2 aromatic rings. The molecular weight excluding hydrogens is 342 g/mol. The van der Waals surface area contributed by atoms with Crippen LogP contribution in [0, 0.1) is 0 Å². The molecule has 0 heterocycles. The lowest BCUT2D eigenvalue weighted by atomic mass is 10.2. The predicted molar refractivity (Wildman–Crippen MR) is 86.0 cm³/mol. The number of rotatable bonds is 5. The number of ether oxygens (including phenoxy) is 2. The Balaban J connectivity index is 2.19. The average molecular weight is 357 g/mol. The second-order valence-corrected chi connectivity index (χ2v) is 5.45. The van der Waals surface area contributed by atoms with Gasteiger partial charge in [0.25, 0.3) is 0 Å². The Bertz CT molecular complexity index is 604. The maximum atomic E-state index is 6.00. The SMILES string of the molecule is COc1ccc(OC)c(CNc2cc(Cl)ccc2Br)c1. The minimum atomic E-state index is 0.610. The molecular formula is C15H15BrClNO2. The molecule has 0 bridgehead atoms. The standard InChI is InChI=1S/C15H15BrClNO2/c1-19-12-4-6-15(20-2)10(7-12)9-18-14-8-11(17)3-5-13(14)16/h3-8,18H,9H2,1-2H3. The van der Waals surface area contributed by atoms with Gasteiger partial charge < -0.3 is 14.8 Å². The third-order valence-corrected chi connectivity index (χ3v) is 3.81. The van der Waals surface area contributed by atoms with Crippen molar-refractivity contribution in [3.05, 3.63) is 51.5 Å². The van der Waals surface area contributed by atoms with E-state index >= 15 is 0 Å². The first-order valence-electron chi connectivity index (χ1n) is 6.04. The van der Waals surface area contributed by atoms with Crippen LogP contribution in [0.3, 0.4) is 0 Å². The molecule has 106 valence electrons. The monoisotopic (exact) mass is 355 g/mol. The quantitative estimate of drug-likeness (QED) is 0.840. The van der Waals surface area contributed by atoms with Crippen LogP contribution in [0.5, 0.6) is 11.5 Å². The maximum absolute atomic E-state index is 6.00. The zero-order chi connectivity index (χ0) is 14.5. The molecule has 0 radical (unpaired) electrons. The highest BCUT2D eigenvalue weighted by Gasteiger charge is 2.06. The molecule has 0 spiro atoms. The van der Waals surface area contributed by atoms with Crippen LogP contribution in [0.1, 0.15) is 5.56 Å². The van der Waals surface area contributed by atoms with Crippen LogP contribution in [0.4, 0.5) is 5.69 Å². The van der Waals surface area contributed by atoms with E-state index < -0.39 is 0 Å². The zero-order valence-electron chi connectivity index (χ0n) is 11.2. The van der Waals surface area contributed by atoms with Gasteiger partial charge >= 0.3 is 0 Å². The molecule has 3 nitrogen and oxygen atoms in total. The normalized spacial score (nSPS) is 10.2. The molecule has 2 aromatic carbocycles. The molecule has 0 aliphatic carbocycles. The van der Waals surface area contributed by atoms with Gasteiger partial charge in [-0.05, 0) is 52.3 Å². The lowest BCUT2D eigenvalue weighted by Gasteiger charge is -2.13. The molecule has 0 amide bonds. The molecule has 0 aliphatic rings. The van der Waals surface area contributed by atoms with Crippen molar-refractivity contribution in [2.75, 3.05) is 19.5 Å². The topological polar surface area (TPSA) is 30.5 Å². The van der Waals surface area contributed by atoms with Gasteiger partial charge in [-0.25, -0.2) is 0 Å². The Morgan fingerprint density at radius 1 is 1.10 bits per heavy atom. The molecule has 0 saturated heterocycles. The second-order valence-electron chi connectivity index (χ2n) is 4.16. The lowest BCUT2D eigenvalue weighted by Crippen LogP contribution is -2.02. The maximum Gasteiger partial charge on any atom is 0.124 e. The van der Waals surface area contributed by atoms with Crippen LogP contribution in [0.25, 0.3) is 0 Å². The summed E-state index contributed by atoms with van der Waals surface area (Å²) in [6.45, 7) is 0.610. The molecule has 1 N–H and O–H groups in total. The summed E-state index contributed by atoms with van der Waals surface area (Å²) >= 11 is 9.49. The van der Waals surface area contributed by atoms with Crippen LogP contribution in [0.2, 0.25) is 5.02 Å². The van der Waals surface area contributed by atoms with E-state index in [0.29, 0.717) is 11.6 Å². The first-order valence-corrected chi connectivity index (χ1v) is 7.21. The fourth-order valence-electron chi connectivity index (χ4n) is 1.84. The minimum Gasteiger partial charge on any atom is -0.497 e. The van der Waals surface area contributed by atoms with E-state index in [4.69, 9.17) is 21.1 Å². The highest BCUT2D eigenvalue weighted by atomic mass is 79.9. The van der Waals surface area contributed by atoms with E-state index in [1.807, 2.05) is 36.4 Å². The van der Waals surface area contributed by atoms with Gasteiger partial charge in [-0.1, -0.05) is 11.6 Å². The van der Waals surface area contributed by atoms with Crippen molar-refractivity contribution in [3.8, 4) is 11.5 Å². The predicted octanol–water partition coefficient (Wildman–Crippen LogP) is 4.73. The molecule has 0 aromatic heterocycles. The summed E-state index contributed by atoms with van der Waals surface area (Å²) in [7, 11) is 3.30. The fourth-order valence-corrected chi connectivity index (χ4v) is 2.40. The van der Waals surface area contributed by atoms with Gasteiger partial charge in [-0.2, -0.15) is 0 Å². The smallest absolute Gasteiger partial charge is 0.124 e. The number of nitrogens with one attached hydrogen (secondary N) is 1. The van der Waals surface area contributed by atoms with Crippen LogP contribution in [-0.4, -0.2) is 14.2 Å². The van der Waals surface area contributed by atoms with E-state index in [2.05, 4.69) is 21.2 Å². The lowest BCUT2D eigenvalue weighted by molar-refractivity contribution is 0.399. The van der Waals surface area contributed by atoms with E-state index in [9.17, 15) is 0 Å². The van der Waals surface area contributed by atoms with E-state index in [1.165, 1.54) is 0 Å². The van der Waals surface area contributed by atoms with Crippen molar-refractivity contribution >= 4 is 33.2 Å². The van der Waals surface area contributed by atoms with Gasteiger partial charge in [0.1, 0.15) is 11.5 Å². The van der Waals surface area contributed by atoms with Gasteiger partial charge in [-0.3, -0.25) is 0 Å². The summed E-state index contributed by atoms with van der Waals surface area (Å²) in [5, 5.41) is 4.02. The number of benzene rings is 2. The molecule has 0 atom stereocenters. The summed E-state index contributed by atoms with van der Waals surface area (Å²) in [4.78, 5) is 0. The van der Waals surface area contributed by atoms with Gasteiger partial charge in [0.05, 0.1) is 19.9 Å². The Morgan fingerprint density at radius 3 is 2.60 bits per heavy atom. The van der Waals surface area contributed by atoms with Gasteiger partial charge in [0, 0.05) is 21.6 Å². The first-order chi connectivity index (χ1) is 9.63. The van der Waals surface area contributed by atoms with Crippen molar-refractivity contribution in [3.63, 3.8) is 0 Å². The highest BCUT2D eigenvalue weighted by molar-refractivity contribution is 9.10. The van der Waals surface area contributed by atoms with Gasteiger partial charge in [0.15, 0.2) is 0 Å². The summed E-state index contributed by atoms with van der Waals surface area (Å²) < 4.78 is 11.6. The van der Waals surface area contributed by atoms with Crippen LogP contribution in [-0.2, 0) is 6.54 Å². The first kappa shape index (κ1) is 15.0. The molecule has 2 rings (SSSR count). The van der Waals surface area contributed by atoms with E-state index in [0.717, 1.165) is 27.2 Å². The third kappa shape index (κ3) is 3.58. The highest BCUT2D eigenvalue weighted by Crippen LogP contribution is 2.29. The molecule has 0 fully saturated rings. The average Bonchev–Trinajstić information content (AvgIpc) is 2.47. The molecule has 0 unspecified atom stereocenters. The van der Waals surface area contributed by atoms with Crippen molar-refractivity contribution in [1.29, 1.82) is 0 Å². The largest absolute Gasteiger partial charge is 0.497 e. The molecule has 0 saturated carbocycles. The van der Waals surface area contributed by atoms with Crippen LogP contribution < -0.4 is 14.8 Å². The zero-order valence-corrected chi connectivity index (χ0v) is 13.6. The van der Waals surface area contributed by atoms with Gasteiger partial charge in [0.2, 0.25) is 0 Å². The van der Waals surface area contributed by atoms with Crippen molar-refractivity contribution in [2.24, 2.45) is 0 Å². The summed E-state index contributed by atoms with van der Waals surface area (Å²) in [5.74, 6) is 1.62. The van der Waals surface area contributed by atoms with Crippen LogP contribution >= 0.6 is 27.5 Å².